The molecule has 5 aromatic rings. The number of nitrogens with zero attached hydrogens (tertiary/aromatic N) is 2. The number of sulfonamides is 1. The molecule has 0 saturated carbocycles. The molecule has 2 aromatic heterocycles. The summed E-state index contributed by atoms with van der Waals surface area (Å²) in [5, 5.41) is 19.4. The van der Waals surface area contributed by atoms with Gasteiger partial charge in [0.15, 0.2) is 5.75 Å². The van der Waals surface area contributed by atoms with Crippen LogP contribution in [0.15, 0.2) is 79.1 Å². The number of benzene rings is 3. The van der Waals surface area contributed by atoms with Crippen molar-refractivity contribution in [2.45, 2.75) is 26.2 Å². The summed E-state index contributed by atoms with van der Waals surface area (Å²) in [6, 6.07) is 18.4. The van der Waals surface area contributed by atoms with Gasteiger partial charge in [0.2, 0.25) is 10.0 Å². The lowest BCUT2D eigenvalue weighted by molar-refractivity contribution is 0.0693. The van der Waals surface area contributed by atoms with Crippen LogP contribution in [0.2, 0.25) is 0 Å². The molecule has 0 spiro atoms. The first-order valence-corrected chi connectivity index (χ1v) is 17.0. The van der Waals surface area contributed by atoms with Gasteiger partial charge in [0.1, 0.15) is 34.4 Å². The van der Waals surface area contributed by atoms with Crippen molar-refractivity contribution in [2.75, 3.05) is 41.1 Å². The van der Waals surface area contributed by atoms with Crippen LogP contribution in [0.5, 0.6) is 23.0 Å². The molecule has 14 nitrogen and oxygen atoms in total. The minimum absolute atomic E-state index is 0.0732. The van der Waals surface area contributed by atoms with E-state index in [9.17, 15) is 23.1 Å². The maximum Gasteiger partial charge on any atom is 0.341 e. The summed E-state index contributed by atoms with van der Waals surface area (Å²) in [6.45, 7) is 5.91. The number of aromatic nitrogens is 2. The van der Waals surface area contributed by atoms with Gasteiger partial charge in [0, 0.05) is 35.3 Å². The lowest BCUT2D eigenvalue weighted by atomic mass is 9.86. The number of carbonyl (C=O) groups is 2. The third kappa shape index (κ3) is 8.30. The van der Waals surface area contributed by atoms with Crippen molar-refractivity contribution in [1.29, 1.82) is 0 Å². The third-order valence-electron chi connectivity index (χ3n) is 7.37. The van der Waals surface area contributed by atoms with Crippen molar-refractivity contribution < 1.29 is 37.3 Å². The predicted octanol–water partition coefficient (Wildman–Crippen LogP) is 7.19. The number of amides is 2. The van der Waals surface area contributed by atoms with Crippen molar-refractivity contribution >= 4 is 61.5 Å². The van der Waals surface area contributed by atoms with E-state index in [4.69, 9.17) is 14.2 Å². The Labute approximate surface area is 288 Å². The fraction of sp³-hybridized carbons (Fsp3) is 0.200. The fourth-order valence-corrected chi connectivity index (χ4v) is 5.58. The second-order valence-corrected chi connectivity index (χ2v) is 13.9. The molecule has 0 aliphatic heterocycles. The van der Waals surface area contributed by atoms with Gasteiger partial charge in [0.05, 0.1) is 37.5 Å². The first-order valence-electron chi connectivity index (χ1n) is 15.1. The molecule has 5 N–H and O–H groups in total. The second-order valence-electron chi connectivity index (χ2n) is 12.1. The topological polar surface area (TPSA) is 190 Å². The van der Waals surface area contributed by atoms with E-state index in [1.165, 1.54) is 26.5 Å². The number of aromatic carboxylic acids is 1. The van der Waals surface area contributed by atoms with Gasteiger partial charge < -0.3 is 35.3 Å². The minimum Gasteiger partial charge on any atom is -0.496 e. The molecule has 3 aromatic carbocycles. The summed E-state index contributed by atoms with van der Waals surface area (Å²) >= 11 is 0. The van der Waals surface area contributed by atoms with E-state index in [1.807, 2.05) is 45.0 Å². The zero-order valence-electron chi connectivity index (χ0n) is 28.1. The Morgan fingerprint density at radius 2 is 1.48 bits per heavy atom. The average molecular weight is 701 g/mol. The molecule has 50 heavy (non-hydrogen) atoms. The standard InChI is InChI=1S/C35H36N6O8S/c1-35(2,3)20-15-26(32(48-5)27(16-20)41-50(6,45)46)39-34(44)38-25-11-12-28(23-10-8-7-9-22(23)25)49-21-13-14-36-30(17-21)40-31-18-29(47-4)24(19-37-31)33(42)43/h7-19,41H,1-6H3,(H,42,43)(H,36,37,40)(H2,38,39,44). The van der Waals surface area contributed by atoms with E-state index in [-0.39, 0.29) is 33.9 Å². The molecular weight excluding hydrogens is 664 g/mol. The Morgan fingerprint density at radius 3 is 2.14 bits per heavy atom. The number of anilines is 5. The smallest absolute Gasteiger partial charge is 0.341 e. The van der Waals surface area contributed by atoms with Crippen LogP contribution in [-0.2, 0) is 15.4 Å². The highest BCUT2D eigenvalue weighted by atomic mass is 32.2. The van der Waals surface area contributed by atoms with Crippen LogP contribution in [0, 0.1) is 0 Å². The van der Waals surface area contributed by atoms with Gasteiger partial charge in [-0.25, -0.2) is 28.0 Å². The summed E-state index contributed by atoms with van der Waals surface area (Å²) in [7, 11) is -0.880. The summed E-state index contributed by atoms with van der Waals surface area (Å²) < 4.78 is 43.6. The van der Waals surface area contributed by atoms with Crippen LogP contribution >= 0.6 is 0 Å². The molecule has 0 aliphatic rings. The van der Waals surface area contributed by atoms with E-state index < -0.39 is 22.0 Å². The number of urea groups is 1. The molecule has 0 aliphatic carbocycles. The Hall–Kier alpha value is -6.09. The van der Waals surface area contributed by atoms with E-state index in [1.54, 1.807) is 42.6 Å². The van der Waals surface area contributed by atoms with E-state index in [0.717, 1.165) is 11.8 Å². The SMILES string of the molecule is COc1cc(Nc2cc(Oc3ccc(NC(=O)Nc4cc(C(C)(C)C)cc(NS(C)(=O)=O)c4OC)c4ccccc34)ccn2)ncc1C(=O)O. The van der Waals surface area contributed by atoms with Crippen LogP contribution in [0.1, 0.15) is 36.7 Å². The summed E-state index contributed by atoms with van der Waals surface area (Å²) in [6.07, 6.45) is 3.78. The highest BCUT2D eigenvalue weighted by Gasteiger charge is 2.23. The summed E-state index contributed by atoms with van der Waals surface area (Å²) in [4.78, 5) is 33.2. The molecule has 0 unspecified atom stereocenters. The maximum atomic E-state index is 13.4. The zero-order valence-corrected chi connectivity index (χ0v) is 28.9. The quantitative estimate of drug-likeness (QED) is 0.0937. The number of carbonyl (C=O) groups excluding carboxylic acids is 1. The van der Waals surface area contributed by atoms with E-state index in [2.05, 4.69) is 30.6 Å². The number of hydrogen-bond donors (Lipinski definition) is 5. The van der Waals surface area contributed by atoms with Crippen LogP contribution < -0.4 is 34.9 Å². The number of nitrogens with one attached hydrogen (secondary N) is 4. The van der Waals surface area contributed by atoms with Crippen LogP contribution in [0.3, 0.4) is 0 Å². The molecule has 260 valence electrons. The van der Waals surface area contributed by atoms with Gasteiger partial charge in [-0.3, -0.25) is 4.72 Å². The number of rotatable bonds is 11. The number of hydrogen-bond acceptors (Lipinski definition) is 10. The number of carboxylic acid groups (broad SMARTS) is 1. The van der Waals surface area contributed by atoms with Gasteiger partial charge in [-0.2, -0.15) is 0 Å². The maximum absolute atomic E-state index is 13.4. The van der Waals surface area contributed by atoms with E-state index in [0.29, 0.717) is 39.6 Å². The summed E-state index contributed by atoms with van der Waals surface area (Å²) in [5.41, 5.74) is 1.30. The van der Waals surface area contributed by atoms with Crippen molar-refractivity contribution in [3.8, 4) is 23.0 Å². The number of fused-ring (bicyclic) bond motifs is 1. The van der Waals surface area contributed by atoms with Crippen molar-refractivity contribution in [1.82, 2.24) is 9.97 Å². The largest absolute Gasteiger partial charge is 0.496 e. The normalized spacial score (nSPS) is 11.4. The van der Waals surface area contributed by atoms with Crippen molar-refractivity contribution in [3.05, 3.63) is 90.3 Å². The minimum atomic E-state index is -3.64. The van der Waals surface area contributed by atoms with Crippen LogP contribution in [0.25, 0.3) is 10.8 Å². The van der Waals surface area contributed by atoms with Crippen LogP contribution in [0.4, 0.5) is 33.5 Å². The number of pyridine rings is 2. The lowest BCUT2D eigenvalue weighted by Gasteiger charge is -2.24. The highest BCUT2D eigenvalue weighted by molar-refractivity contribution is 7.92. The number of carboxylic acids is 1. The van der Waals surface area contributed by atoms with Gasteiger partial charge in [-0.15, -0.1) is 0 Å². The fourth-order valence-electron chi connectivity index (χ4n) is 5.03. The first-order chi connectivity index (χ1) is 23.6. The third-order valence-corrected chi connectivity index (χ3v) is 7.96. The monoisotopic (exact) mass is 700 g/mol. The summed E-state index contributed by atoms with van der Waals surface area (Å²) in [5.74, 6) is 0.803. The predicted molar refractivity (Wildman–Crippen MR) is 192 cm³/mol. The number of methoxy groups -OCH3 is 2. The molecule has 0 bridgehead atoms. The Morgan fingerprint density at radius 1 is 0.800 bits per heavy atom. The molecule has 15 heteroatoms. The van der Waals surface area contributed by atoms with Gasteiger partial charge in [0.25, 0.3) is 0 Å². The molecular formula is C35H36N6O8S. The van der Waals surface area contributed by atoms with Gasteiger partial charge in [-0.1, -0.05) is 45.0 Å². The molecule has 2 heterocycles. The molecule has 0 fully saturated rings. The molecule has 0 saturated heterocycles. The molecule has 0 atom stereocenters. The second kappa shape index (κ2) is 14.2. The Kier molecular flexibility index (Phi) is 9.99. The lowest BCUT2D eigenvalue weighted by Crippen LogP contribution is -2.22. The zero-order chi connectivity index (χ0) is 36.2. The molecule has 5 rings (SSSR count). The van der Waals surface area contributed by atoms with Gasteiger partial charge in [-0.05, 0) is 41.3 Å². The van der Waals surface area contributed by atoms with Crippen LogP contribution in [-0.4, -0.2) is 56.0 Å². The van der Waals surface area contributed by atoms with Crippen molar-refractivity contribution in [3.63, 3.8) is 0 Å². The first kappa shape index (κ1) is 35.2. The Balaban J connectivity index is 1.39. The van der Waals surface area contributed by atoms with Crippen molar-refractivity contribution in [2.24, 2.45) is 0 Å². The van der Waals surface area contributed by atoms with E-state index >= 15 is 0 Å². The highest BCUT2D eigenvalue weighted by Crippen LogP contribution is 2.40. The van der Waals surface area contributed by atoms with Gasteiger partial charge >= 0.3 is 12.0 Å². The molecule has 0 radical (unpaired) electrons. The Bertz CT molecular complexity index is 2200. The number of ether oxygens (including phenoxy) is 3. The molecule has 2 amide bonds. The average Bonchev–Trinajstić information content (AvgIpc) is 3.04.